The topological polar surface area (TPSA) is 21.3 Å². The van der Waals surface area contributed by atoms with Gasteiger partial charge in [0.1, 0.15) is 5.75 Å². The smallest absolute Gasteiger partial charge is 0.119 e. The van der Waals surface area contributed by atoms with E-state index in [-0.39, 0.29) is 0 Å². The minimum Gasteiger partial charge on any atom is -0.497 e. The van der Waals surface area contributed by atoms with Gasteiger partial charge in [-0.2, -0.15) is 0 Å². The number of rotatable bonds is 4. The third kappa shape index (κ3) is 2.71. The number of ether oxygens (including phenoxy) is 1. The first-order valence-electron chi connectivity index (χ1n) is 8.24. The van der Waals surface area contributed by atoms with Crippen LogP contribution in [0.15, 0.2) is 18.2 Å². The molecule has 0 heterocycles. The maximum absolute atomic E-state index is 5.39. The minimum atomic E-state index is 0.539. The van der Waals surface area contributed by atoms with E-state index in [0.717, 1.165) is 17.7 Å². The van der Waals surface area contributed by atoms with E-state index in [9.17, 15) is 0 Å². The van der Waals surface area contributed by atoms with Gasteiger partial charge in [-0.25, -0.2) is 0 Å². The molecule has 2 heteroatoms. The van der Waals surface area contributed by atoms with E-state index in [0.29, 0.717) is 6.04 Å². The summed E-state index contributed by atoms with van der Waals surface area (Å²) >= 11 is 0. The summed E-state index contributed by atoms with van der Waals surface area (Å²) in [7, 11) is 1.76. The lowest BCUT2D eigenvalue weighted by Crippen LogP contribution is -2.39. The second-order valence-corrected chi connectivity index (χ2v) is 6.38. The molecule has 110 valence electrons. The number of fused-ring (bicyclic) bond motifs is 1. The summed E-state index contributed by atoms with van der Waals surface area (Å²) < 4.78 is 5.39. The van der Waals surface area contributed by atoms with E-state index in [4.69, 9.17) is 4.74 Å². The first-order chi connectivity index (χ1) is 9.81. The molecule has 2 nitrogen and oxygen atoms in total. The van der Waals surface area contributed by atoms with Crippen LogP contribution in [-0.4, -0.2) is 13.2 Å². The average molecular weight is 273 g/mol. The number of benzene rings is 1. The van der Waals surface area contributed by atoms with Crippen LogP contribution >= 0.6 is 0 Å². The predicted molar refractivity (Wildman–Crippen MR) is 83.2 cm³/mol. The normalized spacial score (nSPS) is 29.2. The average Bonchev–Trinajstić information content (AvgIpc) is 2.90. The van der Waals surface area contributed by atoms with Crippen LogP contribution in [0.5, 0.6) is 5.75 Å². The molecule has 0 radical (unpaired) electrons. The van der Waals surface area contributed by atoms with Crippen molar-refractivity contribution in [1.29, 1.82) is 0 Å². The van der Waals surface area contributed by atoms with E-state index in [1.54, 1.807) is 7.11 Å². The summed E-state index contributed by atoms with van der Waals surface area (Å²) in [5.74, 6) is 1.87. The third-order valence-corrected chi connectivity index (χ3v) is 5.28. The Morgan fingerprint density at radius 2 is 2.05 bits per heavy atom. The van der Waals surface area contributed by atoms with Crippen molar-refractivity contribution < 1.29 is 4.74 Å². The van der Waals surface area contributed by atoms with E-state index in [1.807, 2.05) is 0 Å². The Morgan fingerprint density at radius 3 is 2.85 bits per heavy atom. The molecule has 3 rings (SSSR count). The van der Waals surface area contributed by atoms with Crippen LogP contribution in [0.3, 0.4) is 0 Å². The molecule has 1 saturated carbocycles. The molecule has 1 aromatic rings. The highest BCUT2D eigenvalue weighted by Crippen LogP contribution is 2.36. The monoisotopic (exact) mass is 273 g/mol. The van der Waals surface area contributed by atoms with Gasteiger partial charge in [-0.15, -0.1) is 0 Å². The van der Waals surface area contributed by atoms with Gasteiger partial charge in [0.15, 0.2) is 0 Å². The second kappa shape index (κ2) is 6.17. The van der Waals surface area contributed by atoms with Gasteiger partial charge in [0.25, 0.3) is 0 Å². The van der Waals surface area contributed by atoms with Crippen molar-refractivity contribution in [3.8, 4) is 5.75 Å². The van der Waals surface area contributed by atoms with Gasteiger partial charge in [-0.05, 0) is 54.9 Å². The molecule has 2 aliphatic rings. The molecule has 0 aliphatic heterocycles. The molecule has 3 atom stereocenters. The molecule has 1 aromatic carbocycles. The summed E-state index contributed by atoms with van der Waals surface area (Å²) in [6, 6.07) is 7.84. The van der Waals surface area contributed by atoms with Gasteiger partial charge in [-0.1, -0.05) is 32.3 Å². The Morgan fingerprint density at radius 1 is 1.20 bits per heavy atom. The Bertz CT molecular complexity index is 457. The maximum atomic E-state index is 5.39. The molecule has 0 bridgehead atoms. The molecule has 3 unspecified atom stereocenters. The van der Waals surface area contributed by atoms with E-state index in [1.165, 1.54) is 56.1 Å². The number of hydrogen-bond donors (Lipinski definition) is 1. The lowest BCUT2D eigenvalue weighted by Gasteiger charge is -2.34. The van der Waals surface area contributed by atoms with Gasteiger partial charge in [0.2, 0.25) is 0 Å². The number of nitrogens with one attached hydrogen (secondary N) is 1. The standard InChI is InChI=1S/C18H27NO/c1-3-13-6-4-5-7-17(13)19-18-11-9-14-8-10-15(20-2)12-16(14)18/h8,10,12-13,17-19H,3-7,9,11H2,1-2H3. The molecular weight excluding hydrogens is 246 g/mol. The van der Waals surface area contributed by atoms with Crippen LogP contribution in [0.25, 0.3) is 0 Å². The Hall–Kier alpha value is -1.02. The first-order valence-corrected chi connectivity index (χ1v) is 8.24. The highest BCUT2D eigenvalue weighted by atomic mass is 16.5. The van der Waals surface area contributed by atoms with Crippen LogP contribution in [-0.2, 0) is 6.42 Å². The summed E-state index contributed by atoms with van der Waals surface area (Å²) in [5.41, 5.74) is 2.98. The third-order valence-electron chi connectivity index (χ3n) is 5.28. The van der Waals surface area contributed by atoms with Crippen molar-refractivity contribution >= 4 is 0 Å². The van der Waals surface area contributed by atoms with Gasteiger partial charge in [0.05, 0.1) is 7.11 Å². The fourth-order valence-electron chi connectivity index (χ4n) is 4.05. The zero-order valence-corrected chi connectivity index (χ0v) is 12.8. The quantitative estimate of drug-likeness (QED) is 0.886. The van der Waals surface area contributed by atoms with Crippen LogP contribution in [0.4, 0.5) is 0 Å². The van der Waals surface area contributed by atoms with Crippen molar-refractivity contribution in [3.05, 3.63) is 29.3 Å². The molecule has 0 amide bonds. The van der Waals surface area contributed by atoms with Crippen LogP contribution in [0.2, 0.25) is 0 Å². The van der Waals surface area contributed by atoms with Crippen molar-refractivity contribution in [2.24, 2.45) is 5.92 Å². The zero-order valence-electron chi connectivity index (χ0n) is 12.8. The molecule has 1 fully saturated rings. The fourth-order valence-corrected chi connectivity index (χ4v) is 4.05. The lowest BCUT2D eigenvalue weighted by molar-refractivity contribution is 0.236. The van der Waals surface area contributed by atoms with Gasteiger partial charge < -0.3 is 10.1 Å². The van der Waals surface area contributed by atoms with Crippen molar-refractivity contribution in [2.45, 2.75) is 64.0 Å². The largest absolute Gasteiger partial charge is 0.497 e. The number of methoxy groups -OCH3 is 1. The SMILES string of the molecule is CCC1CCCCC1NC1CCc2ccc(OC)cc21. The molecule has 0 aromatic heterocycles. The molecular formula is C18H27NO. The summed E-state index contributed by atoms with van der Waals surface area (Å²) in [6.07, 6.45) is 9.35. The highest BCUT2D eigenvalue weighted by Gasteiger charge is 2.29. The second-order valence-electron chi connectivity index (χ2n) is 6.38. The highest BCUT2D eigenvalue weighted by molar-refractivity contribution is 5.40. The number of hydrogen-bond acceptors (Lipinski definition) is 2. The Labute approximate surface area is 122 Å². The Kier molecular flexibility index (Phi) is 4.30. The van der Waals surface area contributed by atoms with Gasteiger partial charge in [-0.3, -0.25) is 0 Å². The fraction of sp³-hybridized carbons (Fsp3) is 0.667. The predicted octanol–water partition coefficient (Wildman–Crippen LogP) is 4.24. The van der Waals surface area contributed by atoms with E-state index >= 15 is 0 Å². The van der Waals surface area contributed by atoms with Crippen LogP contribution < -0.4 is 10.1 Å². The Balaban J connectivity index is 1.73. The molecule has 2 aliphatic carbocycles. The van der Waals surface area contributed by atoms with E-state index < -0.39 is 0 Å². The van der Waals surface area contributed by atoms with E-state index in [2.05, 4.69) is 30.4 Å². The zero-order chi connectivity index (χ0) is 13.9. The van der Waals surface area contributed by atoms with Gasteiger partial charge in [0, 0.05) is 12.1 Å². The molecule has 20 heavy (non-hydrogen) atoms. The molecule has 1 N–H and O–H groups in total. The van der Waals surface area contributed by atoms with Crippen molar-refractivity contribution in [1.82, 2.24) is 5.32 Å². The maximum Gasteiger partial charge on any atom is 0.119 e. The first kappa shape index (κ1) is 13.9. The van der Waals surface area contributed by atoms with Crippen molar-refractivity contribution in [2.75, 3.05) is 7.11 Å². The van der Waals surface area contributed by atoms with Gasteiger partial charge >= 0.3 is 0 Å². The van der Waals surface area contributed by atoms with Crippen LogP contribution in [0, 0.1) is 5.92 Å². The minimum absolute atomic E-state index is 0.539. The summed E-state index contributed by atoms with van der Waals surface area (Å²) in [5, 5.41) is 3.97. The molecule has 0 saturated heterocycles. The summed E-state index contributed by atoms with van der Waals surface area (Å²) in [6.45, 7) is 2.34. The van der Waals surface area contributed by atoms with Crippen molar-refractivity contribution in [3.63, 3.8) is 0 Å². The lowest BCUT2D eigenvalue weighted by atomic mass is 9.82. The number of aryl methyl sites for hydroxylation is 1. The van der Waals surface area contributed by atoms with Crippen LogP contribution in [0.1, 0.15) is 62.6 Å². The molecule has 0 spiro atoms. The summed E-state index contributed by atoms with van der Waals surface area (Å²) in [4.78, 5) is 0.